The molecule has 7 nitrogen and oxygen atoms in total. The van der Waals surface area contributed by atoms with Gasteiger partial charge in [-0.3, -0.25) is 4.79 Å². The van der Waals surface area contributed by atoms with Gasteiger partial charge < -0.3 is 20.0 Å². The summed E-state index contributed by atoms with van der Waals surface area (Å²) in [5.41, 5.74) is 6.72. The quantitative estimate of drug-likeness (QED) is 0.246. The zero-order valence-electron chi connectivity index (χ0n) is 25.2. The fourth-order valence-corrected chi connectivity index (χ4v) is 4.83. The van der Waals surface area contributed by atoms with Gasteiger partial charge in [0.1, 0.15) is 0 Å². The van der Waals surface area contributed by atoms with Crippen LogP contribution in [0, 0.1) is 0 Å². The Balaban J connectivity index is 0.000000169. The van der Waals surface area contributed by atoms with Crippen LogP contribution in [0.4, 0.5) is 11.4 Å². The van der Waals surface area contributed by atoms with Crippen LogP contribution >= 0.6 is 0 Å². The summed E-state index contributed by atoms with van der Waals surface area (Å²) in [5.74, 6) is -0.0739. The standard InChI is InChI=1S/C18H19N3O.C17H19N3/c1-21(2)11-10-19-18(22)15-8-5-7-14-12-13-6-3-4-9-16(13)20-17(14)15;1-19(2)14-7-5-12-9-13-6-8-15(20(3)4)11-17(13)18-16(12)10-14/h3-9,12H,10-11H2,1-2H3,(H,19,22);5-11H,1-4H3. The molecule has 214 valence electrons. The molecule has 0 aliphatic heterocycles. The Morgan fingerprint density at radius 1 is 0.619 bits per heavy atom. The van der Waals surface area contributed by atoms with E-state index in [1.807, 2.05) is 89.7 Å². The van der Waals surface area contributed by atoms with Gasteiger partial charge in [-0.05, 0) is 62.6 Å². The molecular weight excluding hydrogens is 520 g/mol. The van der Waals surface area contributed by atoms with Crippen molar-refractivity contribution in [2.45, 2.75) is 0 Å². The number of hydrogen-bond donors (Lipinski definition) is 1. The lowest BCUT2D eigenvalue weighted by Crippen LogP contribution is -2.31. The molecule has 0 aliphatic carbocycles. The van der Waals surface area contributed by atoms with Crippen LogP contribution in [0.2, 0.25) is 0 Å². The van der Waals surface area contributed by atoms with Gasteiger partial charge in [-0.2, -0.15) is 0 Å². The molecule has 0 spiro atoms. The SMILES string of the molecule is CN(C)CCNC(=O)c1cccc2cc3ccccc3nc12.CN(C)c1ccc2cc3ccc(N(C)C)cc3nc2c1. The van der Waals surface area contributed by atoms with E-state index < -0.39 is 0 Å². The average molecular weight is 559 g/mol. The first kappa shape index (κ1) is 28.8. The molecule has 0 fully saturated rings. The van der Waals surface area contributed by atoms with E-state index in [4.69, 9.17) is 4.98 Å². The largest absolute Gasteiger partial charge is 0.378 e. The van der Waals surface area contributed by atoms with Crippen molar-refractivity contribution in [3.05, 3.63) is 96.6 Å². The molecule has 1 amide bonds. The van der Waals surface area contributed by atoms with E-state index in [0.717, 1.165) is 39.4 Å². The maximum Gasteiger partial charge on any atom is 0.253 e. The Labute approximate surface area is 247 Å². The molecule has 6 aromatic rings. The molecule has 6 rings (SSSR count). The number of rotatable bonds is 6. The van der Waals surface area contributed by atoms with E-state index in [9.17, 15) is 4.79 Å². The van der Waals surface area contributed by atoms with E-state index in [-0.39, 0.29) is 5.91 Å². The number of aromatic nitrogens is 2. The van der Waals surface area contributed by atoms with E-state index in [2.05, 4.69) is 68.6 Å². The highest BCUT2D eigenvalue weighted by molar-refractivity contribution is 6.07. The first-order valence-electron chi connectivity index (χ1n) is 14.1. The van der Waals surface area contributed by atoms with Crippen molar-refractivity contribution in [2.75, 3.05) is 65.2 Å². The van der Waals surface area contributed by atoms with Crippen molar-refractivity contribution >= 4 is 60.9 Å². The van der Waals surface area contributed by atoms with Gasteiger partial charge in [0.2, 0.25) is 0 Å². The van der Waals surface area contributed by atoms with Crippen molar-refractivity contribution in [3.63, 3.8) is 0 Å². The zero-order chi connectivity index (χ0) is 29.8. The van der Waals surface area contributed by atoms with Gasteiger partial charge in [-0.1, -0.05) is 42.5 Å². The number of likely N-dealkylation sites (N-methyl/N-ethyl adjacent to an activating group) is 1. The number of amides is 1. The molecule has 7 heteroatoms. The number of fused-ring (bicyclic) bond motifs is 4. The minimum absolute atomic E-state index is 0.0739. The van der Waals surface area contributed by atoms with Crippen LogP contribution < -0.4 is 15.1 Å². The Kier molecular flexibility index (Phi) is 8.50. The van der Waals surface area contributed by atoms with E-state index in [0.29, 0.717) is 12.1 Å². The smallest absolute Gasteiger partial charge is 0.253 e. The first-order chi connectivity index (χ1) is 20.2. The maximum absolute atomic E-state index is 12.4. The monoisotopic (exact) mass is 558 g/mol. The third-order valence-corrected chi connectivity index (χ3v) is 7.25. The highest BCUT2D eigenvalue weighted by Crippen LogP contribution is 2.26. The molecule has 0 saturated heterocycles. The summed E-state index contributed by atoms with van der Waals surface area (Å²) < 4.78 is 0. The summed E-state index contributed by atoms with van der Waals surface area (Å²) in [6.45, 7) is 1.43. The van der Waals surface area contributed by atoms with Crippen LogP contribution in [0.5, 0.6) is 0 Å². The van der Waals surface area contributed by atoms with Gasteiger partial charge in [0.15, 0.2) is 0 Å². The summed E-state index contributed by atoms with van der Waals surface area (Å²) >= 11 is 0. The van der Waals surface area contributed by atoms with E-state index >= 15 is 0 Å². The van der Waals surface area contributed by atoms with E-state index in [1.54, 1.807) is 0 Å². The number of nitrogens with one attached hydrogen (secondary N) is 1. The normalized spacial score (nSPS) is 11.1. The van der Waals surface area contributed by atoms with Gasteiger partial charge in [0.05, 0.1) is 27.6 Å². The second kappa shape index (κ2) is 12.4. The molecular formula is C35H38N6O. The number of nitrogens with zero attached hydrogens (tertiary/aromatic N) is 5. The van der Waals surface area contributed by atoms with Crippen LogP contribution in [-0.2, 0) is 0 Å². The fourth-order valence-electron chi connectivity index (χ4n) is 4.83. The lowest BCUT2D eigenvalue weighted by atomic mass is 10.1. The Morgan fingerprint density at radius 3 is 1.81 bits per heavy atom. The van der Waals surface area contributed by atoms with Gasteiger partial charge in [0.25, 0.3) is 5.91 Å². The minimum Gasteiger partial charge on any atom is -0.378 e. The average Bonchev–Trinajstić information content (AvgIpc) is 2.98. The van der Waals surface area contributed by atoms with Crippen LogP contribution in [0.15, 0.2) is 91.0 Å². The fraction of sp³-hybridized carbons (Fsp3) is 0.229. The van der Waals surface area contributed by atoms with Gasteiger partial charge in [0, 0.05) is 74.2 Å². The molecule has 0 aliphatic rings. The highest BCUT2D eigenvalue weighted by Gasteiger charge is 2.12. The summed E-state index contributed by atoms with van der Waals surface area (Å²) in [6.07, 6.45) is 0. The molecule has 0 radical (unpaired) electrons. The number of anilines is 2. The van der Waals surface area contributed by atoms with Crippen LogP contribution in [-0.4, -0.2) is 76.2 Å². The number of hydrogen-bond acceptors (Lipinski definition) is 6. The predicted molar refractivity (Wildman–Crippen MR) is 178 cm³/mol. The molecule has 42 heavy (non-hydrogen) atoms. The van der Waals surface area contributed by atoms with Crippen LogP contribution in [0.3, 0.4) is 0 Å². The second-order valence-electron chi connectivity index (χ2n) is 11.1. The van der Waals surface area contributed by atoms with Crippen LogP contribution in [0.25, 0.3) is 43.6 Å². The third kappa shape index (κ3) is 6.42. The summed E-state index contributed by atoms with van der Waals surface area (Å²) in [6, 6.07) is 30.8. The summed E-state index contributed by atoms with van der Waals surface area (Å²) in [7, 11) is 12.2. The van der Waals surface area contributed by atoms with Crippen molar-refractivity contribution in [1.29, 1.82) is 0 Å². The van der Waals surface area contributed by atoms with Crippen molar-refractivity contribution < 1.29 is 4.79 Å². The molecule has 2 aromatic heterocycles. The predicted octanol–water partition coefficient (Wildman–Crippen LogP) is 6.20. The van der Waals surface area contributed by atoms with Gasteiger partial charge in [-0.25, -0.2) is 9.97 Å². The zero-order valence-corrected chi connectivity index (χ0v) is 25.2. The lowest BCUT2D eigenvalue weighted by Gasteiger charge is -2.14. The minimum atomic E-state index is -0.0739. The molecule has 1 N–H and O–H groups in total. The summed E-state index contributed by atoms with van der Waals surface area (Å²) in [5, 5.41) is 7.38. The Bertz CT molecular complexity index is 1820. The molecule has 4 aromatic carbocycles. The molecule has 0 unspecified atom stereocenters. The Hall–Kier alpha value is -4.75. The number of carbonyl (C=O) groups excluding carboxylic acids is 1. The van der Waals surface area contributed by atoms with Crippen molar-refractivity contribution in [2.24, 2.45) is 0 Å². The van der Waals surface area contributed by atoms with Gasteiger partial charge >= 0.3 is 0 Å². The molecule has 0 bridgehead atoms. The maximum atomic E-state index is 12.4. The number of para-hydroxylation sites is 2. The first-order valence-corrected chi connectivity index (χ1v) is 14.1. The van der Waals surface area contributed by atoms with E-state index in [1.165, 1.54) is 22.1 Å². The number of carbonyl (C=O) groups is 1. The summed E-state index contributed by atoms with van der Waals surface area (Å²) in [4.78, 5) is 28.1. The number of benzene rings is 4. The Morgan fingerprint density at radius 2 is 1.19 bits per heavy atom. The van der Waals surface area contributed by atoms with Crippen molar-refractivity contribution in [1.82, 2.24) is 20.2 Å². The number of pyridine rings is 2. The lowest BCUT2D eigenvalue weighted by molar-refractivity contribution is 0.0952. The van der Waals surface area contributed by atoms with Crippen molar-refractivity contribution in [3.8, 4) is 0 Å². The molecule has 0 atom stereocenters. The topological polar surface area (TPSA) is 64.6 Å². The third-order valence-electron chi connectivity index (χ3n) is 7.25. The van der Waals surface area contributed by atoms with Gasteiger partial charge in [-0.15, -0.1) is 0 Å². The molecule has 2 heterocycles. The van der Waals surface area contributed by atoms with Crippen LogP contribution in [0.1, 0.15) is 10.4 Å². The molecule has 0 saturated carbocycles. The highest BCUT2D eigenvalue weighted by atomic mass is 16.1. The second-order valence-corrected chi connectivity index (χ2v) is 11.1.